The first-order valence-electron chi connectivity index (χ1n) is 10.3. The van der Waals surface area contributed by atoms with Crippen molar-refractivity contribution in [2.24, 2.45) is 0 Å². The van der Waals surface area contributed by atoms with Crippen molar-refractivity contribution >= 4 is 23.4 Å². The van der Waals surface area contributed by atoms with E-state index in [0.717, 1.165) is 44.5 Å². The number of hydrogen-bond acceptors (Lipinski definition) is 5. The van der Waals surface area contributed by atoms with Crippen LogP contribution < -0.4 is 4.90 Å². The van der Waals surface area contributed by atoms with Crippen LogP contribution in [0, 0.1) is 11.3 Å². The molecule has 0 spiro atoms. The molecule has 2 saturated heterocycles. The van der Waals surface area contributed by atoms with Gasteiger partial charge in [-0.2, -0.15) is 5.26 Å². The van der Waals surface area contributed by atoms with Gasteiger partial charge in [0.05, 0.1) is 34.6 Å². The Morgan fingerprint density at radius 2 is 1.69 bits per heavy atom. The van der Waals surface area contributed by atoms with Gasteiger partial charge < -0.3 is 19.3 Å². The van der Waals surface area contributed by atoms with Crippen molar-refractivity contribution in [2.45, 2.75) is 64.3 Å². The van der Waals surface area contributed by atoms with Crippen LogP contribution in [0.1, 0.15) is 52.0 Å². The normalized spacial score (nSPS) is 19.1. The molecule has 29 heavy (non-hydrogen) atoms. The van der Waals surface area contributed by atoms with Gasteiger partial charge >= 0.3 is 6.09 Å². The van der Waals surface area contributed by atoms with Crippen LogP contribution in [0.25, 0.3) is 0 Å². The van der Waals surface area contributed by atoms with E-state index in [4.69, 9.17) is 26.3 Å². The fourth-order valence-corrected chi connectivity index (χ4v) is 4.14. The van der Waals surface area contributed by atoms with Gasteiger partial charge in [0.25, 0.3) is 0 Å². The predicted octanol–water partition coefficient (Wildman–Crippen LogP) is 4.60. The Morgan fingerprint density at radius 1 is 1.10 bits per heavy atom. The minimum Gasteiger partial charge on any atom is -0.444 e. The van der Waals surface area contributed by atoms with Gasteiger partial charge in [-0.3, -0.25) is 0 Å². The van der Waals surface area contributed by atoms with E-state index < -0.39 is 5.60 Å². The van der Waals surface area contributed by atoms with E-state index in [1.165, 1.54) is 0 Å². The predicted molar refractivity (Wildman–Crippen MR) is 113 cm³/mol. The number of ether oxygens (including phenoxy) is 2. The number of anilines is 1. The molecule has 0 aromatic heterocycles. The minimum absolute atomic E-state index is 0.198. The molecule has 1 amide bonds. The molecule has 0 bridgehead atoms. The van der Waals surface area contributed by atoms with Crippen molar-refractivity contribution in [1.29, 1.82) is 5.26 Å². The number of nitrogens with zero attached hydrogens (tertiary/aromatic N) is 3. The van der Waals surface area contributed by atoms with E-state index in [-0.39, 0.29) is 18.3 Å². The molecule has 7 heteroatoms. The van der Waals surface area contributed by atoms with Crippen molar-refractivity contribution in [1.82, 2.24) is 4.90 Å². The van der Waals surface area contributed by atoms with Gasteiger partial charge in [0.2, 0.25) is 0 Å². The van der Waals surface area contributed by atoms with Gasteiger partial charge in [0.15, 0.2) is 0 Å². The number of carbonyl (C=O) groups is 1. The van der Waals surface area contributed by atoms with Crippen molar-refractivity contribution in [2.75, 3.05) is 31.1 Å². The molecule has 1 aromatic rings. The summed E-state index contributed by atoms with van der Waals surface area (Å²) in [5, 5.41) is 9.61. The molecule has 158 valence electrons. The van der Waals surface area contributed by atoms with Gasteiger partial charge in [0.1, 0.15) is 5.60 Å². The molecule has 2 heterocycles. The maximum absolute atomic E-state index is 12.2. The third kappa shape index (κ3) is 6.01. The van der Waals surface area contributed by atoms with Gasteiger partial charge in [-0.25, -0.2) is 4.79 Å². The molecule has 3 rings (SSSR count). The number of rotatable bonds is 3. The molecule has 0 saturated carbocycles. The van der Waals surface area contributed by atoms with E-state index in [1.807, 2.05) is 32.9 Å². The molecule has 0 unspecified atom stereocenters. The molecule has 6 nitrogen and oxygen atoms in total. The molecular weight excluding hydrogens is 390 g/mol. The highest BCUT2D eigenvalue weighted by molar-refractivity contribution is 6.33. The first kappa shape index (κ1) is 21.7. The maximum atomic E-state index is 12.2. The monoisotopic (exact) mass is 419 g/mol. The number of carbonyl (C=O) groups excluding carboxylic acids is 1. The summed E-state index contributed by atoms with van der Waals surface area (Å²) in [5.41, 5.74) is 1.10. The number of nitriles is 1. The number of amides is 1. The standard InChI is InChI=1S/C22H30ClN3O3/c1-22(2,3)29-21(27)26-12-8-18(9-13-26)28-17-6-10-25(11-7-17)20-5-4-16(15-24)14-19(20)23/h4-5,14,17-18H,6-13H2,1-3H3. The second-order valence-electron chi connectivity index (χ2n) is 8.77. The van der Waals surface area contributed by atoms with E-state index in [2.05, 4.69) is 11.0 Å². The molecule has 0 radical (unpaired) electrons. The second kappa shape index (κ2) is 9.23. The zero-order valence-electron chi connectivity index (χ0n) is 17.5. The molecule has 2 aliphatic rings. The first-order valence-corrected chi connectivity index (χ1v) is 10.7. The highest BCUT2D eigenvalue weighted by Gasteiger charge is 2.30. The summed E-state index contributed by atoms with van der Waals surface area (Å²) >= 11 is 6.35. The quantitative estimate of drug-likeness (QED) is 0.716. The van der Waals surface area contributed by atoms with E-state index in [0.29, 0.717) is 23.7 Å². The Morgan fingerprint density at radius 3 is 2.21 bits per heavy atom. The highest BCUT2D eigenvalue weighted by Crippen LogP contribution is 2.30. The first-order chi connectivity index (χ1) is 13.7. The minimum atomic E-state index is -0.462. The summed E-state index contributed by atoms with van der Waals surface area (Å²) < 4.78 is 11.8. The van der Waals surface area contributed by atoms with Crippen LogP contribution in [-0.2, 0) is 9.47 Å². The Labute approximate surface area is 178 Å². The Balaban J connectivity index is 1.43. The van der Waals surface area contributed by atoms with Crippen molar-refractivity contribution in [3.05, 3.63) is 28.8 Å². The lowest BCUT2D eigenvalue weighted by molar-refractivity contribution is -0.0535. The van der Waals surface area contributed by atoms with Crippen LogP contribution in [-0.4, -0.2) is 55.0 Å². The number of benzene rings is 1. The van der Waals surface area contributed by atoms with E-state index in [1.54, 1.807) is 11.0 Å². The SMILES string of the molecule is CC(C)(C)OC(=O)N1CCC(OC2CCN(c3ccc(C#N)cc3Cl)CC2)CC1. The Hall–Kier alpha value is -1.97. The molecule has 0 aliphatic carbocycles. The van der Waals surface area contributed by atoms with Gasteiger partial charge in [0, 0.05) is 26.2 Å². The third-order valence-corrected chi connectivity index (χ3v) is 5.64. The summed E-state index contributed by atoms with van der Waals surface area (Å²) in [6.45, 7) is 8.78. The summed E-state index contributed by atoms with van der Waals surface area (Å²) in [4.78, 5) is 16.2. The van der Waals surface area contributed by atoms with Crippen molar-refractivity contribution in [3.63, 3.8) is 0 Å². The van der Waals surface area contributed by atoms with Crippen molar-refractivity contribution < 1.29 is 14.3 Å². The molecule has 2 aliphatic heterocycles. The molecule has 0 N–H and O–H groups in total. The number of halogens is 1. The molecular formula is C22H30ClN3O3. The summed E-state index contributed by atoms with van der Waals surface area (Å²) in [5.74, 6) is 0. The zero-order valence-corrected chi connectivity index (χ0v) is 18.2. The van der Waals surface area contributed by atoms with E-state index >= 15 is 0 Å². The van der Waals surface area contributed by atoms with Gasteiger partial charge in [-0.15, -0.1) is 0 Å². The lowest BCUT2D eigenvalue weighted by atomic mass is 10.0. The number of piperidine rings is 2. The lowest BCUT2D eigenvalue weighted by Gasteiger charge is -2.38. The average molecular weight is 420 g/mol. The summed E-state index contributed by atoms with van der Waals surface area (Å²) in [6.07, 6.45) is 3.79. The second-order valence-corrected chi connectivity index (χ2v) is 9.17. The Kier molecular flexibility index (Phi) is 6.92. The molecule has 2 fully saturated rings. The van der Waals surface area contributed by atoms with Crippen LogP contribution >= 0.6 is 11.6 Å². The number of hydrogen-bond donors (Lipinski definition) is 0. The average Bonchev–Trinajstić information content (AvgIpc) is 2.68. The van der Waals surface area contributed by atoms with E-state index in [9.17, 15) is 4.79 Å². The maximum Gasteiger partial charge on any atom is 0.410 e. The van der Waals surface area contributed by atoms with Crippen LogP contribution in [0.4, 0.5) is 10.5 Å². The van der Waals surface area contributed by atoms with Crippen LogP contribution in [0.5, 0.6) is 0 Å². The summed E-state index contributed by atoms with van der Waals surface area (Å²) in [6, 6.07) is 7.57. The largest absolute Gasteiger partial charge is 0.444 e. The third-order valence-electron chi connectivity index (χ3n) is 5.34. The molecule has 1 aromatic carbocycles. The topological polar surface area (TPSA) is 65.8 Å². The smallest absolute Gasteiger partial charge is 0.410 e. The molecule has 0 atom stereocenters. The fraction of sp³-hybridized carbons (Fsp3) is 0.636. The highest BCUT2D eigenvalue weighted by atomic mass is 35.5. The van der Waals surface area contributed by atoms with Crippen LogP contribution in [0.3, 0.4) is 0 Å². The van der Waals surface area contributed by atoms with Crippen molar-refractivity contribution in [3.8, 4) is 6.07 Å². The number of likely N-dealkylation sites (tertiary alicyclic amines) is 1. The van der Waals surface area contributed by atoms with Crippen LogP contribution in [0.2, 0.25) is 5.02 Å². The lowest BCUT2D eigenvalue weighted by Crippen LogP contribution is -2.45. The fourth-order valence-electron chi connectivity index (χ4n) is 3.84. The summed E-state index contributed by atoms with van der Waals surface area (Å²) in [7, 11) is 0. The zero-order chi connectivity index (χ0) is 21.0. The van der Waals surface area contributed by atoms with Gasteiger partial charge in [-0.1, -0.05) is 11.6 Å². The van der Waals surface area contributed by atoms with Gasteiger partial charge in [-0.05, 0) is 64.7 Å². The van der Waals surface area contributed by atoms with Crippen LogP contribution in [0.15, 0.2) is 18.2 Å². The Bertz CT molecular complexity index is 756.